The van der Waals surface area contributed by atoms with Crippen molar-refractivity contribution in [1.29, 1.82) is 0 Å². The number of carbonyl (C=O) groups is 4. The Morgan fingerprint density at radius 1 is 1.17 bits per heavy atom. The van der Waals surface area contributed by atoms with Crippen LogP contribution in [0.2, 0.25) is 0 Å². The van der Waals surface area contributed by atoms with Crippen molar-refractivity contribution in [3.05, 3.63) is 35.9 Å². The molecule has 23 heavy (non-hydrogen) atoms. The van der Waals surface area contributed by atoms with Crippen molar-refractivity contribution in [1.82, 2.24) is 4.90 Å². The van der Waals surface area contributed by atoms with Crippen LogP contribution in [0.15, 0.2) is 30.3 Å². The summed E-state index contributed by atoms with van der Waals surface area (Å²) in [6.07, 6.45) is 0. The van der Waals surface area contributed by atoms with E-state index < -0.39 is 29.6 Å². The fourth-order valence-corrected chi connectivity index (χ4v) is 3.01. The number of carboxylic acid groups (broad SMARTS) is 1. The second-order valence-electron chi connectivity index (χ2n) is 5.14. The number of hydrogen-bond donors (Lipinski definition) is 1. The Bertz CT molecular complexity index is 602. The molecular formula is C16H19NO5S. The normalized spacial score (nSPS) is 13.0. The molecule has 1 amide bonds. The third-order valence-corrected chi connectivity index (χ3v) is 4.41. The summed E-state index contributed by atoms with van der Waals surface area (Å²) >= 11 is 0.792. The van der Waals surface area contributed by atoms with Crippen molar-refractivity contribution in [2.24, 2.45) is 5.92 Å². The topological polar surface area (TPSA) is 91.8 Å². The molecule has 0 fully saturated rings. The first kappa shape index (κ1) is 18.9. The summed E-state index contributed by atoms with van der Waals surface area (Å²) in [6.45, 7) is 2.40. The summed E-state index contributed by atoms with van der Waals surface area (Å²) in [4.78, 5) is 48.2. The number of rotatable bonds is 7. The average molecular weight is 337 g/mol. The number of carbonyl (C=O) groups excluding carboxylic acids is 3. The van der Waals surface area contributed by atoms with Crippen LogP contribution in [0, 0.1) is 5.92 Å². The van der Waals surface area contributed by atoms with Gasteiger partial charge in [-0.3, -0.25) is 19.2 Å². The molecule has 0 spiro atoms. The number of benzene rings is 1. The van der Waals surface area contributed by atoms with Crippen molar-refractivity contribution < 1.29 is 24.3 Å². The van der Waals surface area contributed by atoms with E-state index in [9.17, 15) is 19.2 Å². The van der Waals surface area contributed by atoms with Crippen molar-refractivity contribution in [3.63, 3.8) is 0 Å². The van der Waals surface area contributed by atoms with Gasteiger partial charge in [0.1, 0.15) is 6.54 Å². The Kier molecular flexibility index (Phi) is 6.96. The predicted molar refractivity (Wildman–Crippen MR) is 87.3 cm³/mol. The Morgan fingerprint density at radius 2 is 1.74 bits per heavy atom. The van der Waals surface area contributed by atoms with E-state index >= 15 is 0 Å². The Labute approximate surface area is 138 Å². The van der Waals surface area contributed by atoms with Gasteiger partial charge in [-0.05, 0) is 0 Å². The Hall–Kier alpha value is -2.15. The van der Waals surface area contributed by atoms with E-state index in [-0.39, 0.29) is 10.9 Å². The standard InChI is InChI=1S/C16H19NO5S/c1-10(16(22)17(3)9-13(19)20)15(23-11(2)18)14(21)12-7-5-4-6-8-12/h4-8,10,15H,9H2,1-3H3,(H,19,20). The van der Waals surface area contributed by atoms with Crippen LogP contribution in [-0.2, 0) is 14.4 Å². The molecule has 124 valence electrons. The molecule has 6 nitrogen and oxygen atoms in total. The van der Waals surface area contributed by atoms with Crippen molar-refractivity contribution in [2.45, 2.75) is 19.1 Å². The molecule has 1 N–H and O–H groups in total. The summed E-state index contributed by atoms with van der Waals surface area (Å²) < 4.78 is 0. The van der Waals surface area contributed by atoms with Crippen LogP contribution in [0.4, 0.5) is 0 Å². The maximum atomic E-state index is 12.6. The smallest absolute Gasteiger partial charge is 0.323 e. The summed E-state index contributed by atoms with van der Waals surface area (Å²) in [6, 6.07) is 8.40. The molecule has 1 aromatic carbocycles. The predicted octanol–water partition coefficient (Wildman–Crippen LogP) is 1.70. The van der Waals surface area contributed by atoms with Crippen LogP contribution in [0.25, 0.3) is 0 Å². The van der Waals surface area contributed by atoms with E-state index in [0.29, 0.717) is 5.56 Å². The van der Waals surface area contributed by atoms with E-state index in [2.05, 4.69) is 0 Å². The van der Waals surface area contributed by atoms with Gasteiger partial charge in [0.15, 0.2) is 10.9 Å². The molecular weight excluding hydrogens is 318 g/mol. The molecule has 0 heterocycles. The average Bonchev–Trinajstić information content (AvgIpc) is 2.50. The monoisotopic (exact) mass is 337 g/mol. The number of aliphatic carboxylic acids is 1. The maximum Gasteiger partial charge on any atom is 0.323 e. The number of hydrogen-bond acceptors (Lipinski definition) is 5. The van der Waals surface area contributed by atoms with Gasteiger partial charge in [-0.15, -0.1) is 0 Å². The molecule has 0 aliphatic rings. The van der Waals surface area contributed by atoms with E-state index in [4.69, 9.17) is 5.11 Å². The fourth-order valence-electron chi connectivity index (χ4n) is 2.09. The number of ketones is 1. The summed E-state index contributed by atoms with van der Waals surface area (Å²) in [5.74, 6) is -2.77. The van der Waals surface area contributed by atoms with Gasteiger partial charge < -0.3 is 10.0 Å². The van der Waals surface area contributed by atoms with Crippen LogP contribution in [0.3, 0.4) is 0 Å². The van der Waals surface area contributed by atoms with Gasteiger partial charge in [0, 0.05) is 19.5 Å². The van der Waals surface area contributed by atoms with Crippen molar-refractivity contribution >= 4 is 34.5 Å². The lowest BCUT2D eigenvalue weighted by molar-refractivity contribution is -0.144. The Morgan fingerprint density at radius 3 is 2.22 bits per heavy atom. The van der Waals surface area contributed by atoms with Gasteiger partial charge in [0.05, 0.1) is 11.2 Å². The number of thioether (sulfide) groups is 1. The van der Waals surface area contributed by atoms with Crippen molar-refractivity contribution in [3.8, 4) is 0 Å². The summed E-state index contributed by atoms with van der Waals surface area (Å²) in [5.41, 5.74) is 0.409. The molecule has 2 atom stereocenters. The molecule has 7 heteroatoms. The van der Waals surface area contributed by atoms with Gasteiger partial charge in [-0.1, -0.05) is 49.0 Å². The highest BCUT2D eigenvalue weighted by Gasteiger charge is 2.34. The van der Waals surface area contributed by atoms with Gasteiger partial charge in [0.2, 0.25) is 5.91 Å². The van der Waals surface area contributed by atoms with Crippen LogP contribution in [-0.4, -0.2) is 51.6 Å². The quantitative estimate of drug-likeness (QED) is 0.761. The minimum atomic E-state index is -1.14. The molecule has 0 aliphatic carbocycles. The third kappa shape index (κ3) is 5.52. The van der Waals surface area contributed by atoms with Crippen molar-refractivity contribution in [2.75, 3.05) is 13.6 Å². The minimum absolute atomic E-state index is 0.278. The molecule has 0 saturated heterocycles. The van der Waals surface area contributed by atoms with Gasteiger partial charge in [0.25, 0.3) is 0 Å². The van der Waals surface area contributed by atoms with E-state index in [1.54, 1.807) is 30.3 Å². The molecule has 0 radical (unpaired) electrons. The number of likely N-dealkylation sites (N-methyl/N-ethyl adjacent to an activating group) is 1. The first-order valence-electron chi connectivity index (χ1n) is 6.97. The van der Waals surface area contributed by atoms with Crippen LogP contribution in [0.1, 0.15) is 24.2 Å². The van der Waals surface area contributed by atoms with Gasteiger partial charge in [-0.25, -0.2) is 0 Å². The van der Waals surface area contributed by atoms with E-state index in [1.165, 1.54) is 20.9 Å². The molecule has 0 saturated carbocycles. The van der Waals surface area contributed by atoms with Crippen LogP contribution >= 0.6 is 11.8 Å². The second kappa shape index (κ2) is 8.47. The fraction of sp³-hybridized carbons (Fsp3) is 0.375. The zero-order chi connectivity index (χ0) is 17.6. The van der Waals surface area contributed by atoms with Gasteiger partial charge in [-0.2, -0.15) is 0 Å². The van der Waals surface area contributed by atoms with Crippen LogP contribution in [0.5, 0.6) is 0 Å². The van der Waals surface area contributed by atoms with E-state index in [0.717, 1.165) is 16.7 Å². The lowest BCUT2D eigenvalue weighted by Gasteiger charge is -2.25. The summed E-state index contributed by atoms with van der Waals surface area (Å²) in [5, 5.41) is 7.60. The second-order valence-corrected chi connectivity index (χ2v) is 6.46. The van der Waals surface area contributed by atoms with Crippen LogP contribution < -0.4 is 0 Å². The number of amides is 1. The first-order valence-corrected chi connectivity index (χ1v) is 7.85. The van der Waals surface area contributed by atoms with Gasteiger partial charge >= 0.3 is 5.97 Å². The lowest BCUT2D eigenvalue weighted by atomic mass is 9.98. The maximum absolute atomic E-state index is 12.6. The third-order valence-electron chi connectivity index (χ3n) is 3.20. The molecule has 0 aliphatic heterocycles. The highest BCUT2D eigenvalue weighted by atomic mass is 32.2. The zero-order valence-corrected chi connectivity index (χ0v) is 14.0. The zero-order valence-electron chi connectivity index (χ0n) is 13.2. The number of Topliss-reactive ketones (excluding diaryl/α,β-unsaturated/α-hetero) is 1. The highest BCUT2D eigenvalue weighted by Crippen LogP contribution is 2.26. The highest BCUT2D eigenvalue weighted by molar-refractivity contribution is 8.14. The molecule has 0 bridgehead atoms. The largest absolute Gasteiger partial charge is 0.480 e. The molecule has 1 aromatic rings. The summed E-state index contributed by atoms with van der Waals surface area (Å²) in [7, 11) is 1.36. The molecule has 0 aromatic heterocycles. The first-order chi connectivity index (χ1) is 10.7. The molecule has 2 unspecified atom stereocenters. The lowest BCUT2D eigenvalue weighted by Crippen LogP contribution is -2.41. The Balaban J connectivity index is 3.01. The molecule has 1 rings (SSSR count). The SMILES string of the molecule is CC(=O)SC(C(=O)c1ccccc1)C(C)C(=O)N(C)CC(=O)O. The van der Waals surface area contributed by atoms with E-state index in [1.807, 2.05) is 0 Å². The minimum Gasteiger partial charge on any atom is -0.480 e. The number of carboxylic acids is 1. The number of nitrogens with zero attached hydrogens (tertiary/aromatic N) is 1.